The summed E-state index contributed by atoms with van der Waals surface area (Å²) in [4.78, 5) is 10.9. The zero-order valence-corrected chi connectivity index (χ0v) is 11.0. The maximum Gasteiger partial charge on any atom is 0.261 e. The average Bonchev–Trinajstić information content (AvgIpc) is 2.27. The van der Waals surface area contributed by atoms with Gasteiger partial charge >= 0.3 is 0 Å². The van der Waals surface area contributed by atoms with Gasteiger partial charge in [-0.05, 0) is 25.1 Å². The van der Waals surface area contributed by atoms with E-state index in [1.54, 1.807) is 6.92 Å². The van der Waals surface area contributed by atoms with Gasteiger partial charge in [-0.2, -0.15) is 0 Å². The lowest BCUT2D eigenvalue weighted by molar-refractivity contribution is -0.120. The zero-order chi connectivity index (χ0) is 13.8. The van der Waals surface area contributed by atoms with E-state index in [0.717, 1.165) is 18.2 Å². The summed E-state index contributed by atoms with van der Waals surface area (Å²) in [5, 5.41) is 2.25. The molecule has 5 nitrogen and oxygen atoms in total. The number of halogens is 2. The minimum atomic E-state index is -3.99. The summed E-state index contributed by atoms with van der Waals surface area (Å²) in [5.74, 6) is -1.42. The summed E-state index contributed by atoms with van der Waals surface area (Å²) in [6.07, 6.45) is 0. The summed E-state index contributed by atoms with van der Waals surface area (Å²) in [7, 11) is 1.07. The first-order chi connectivity index (χ1) is 8.34. The Morgan fingerprint density at radius 3 is 2.67 bits per heavy atom. The van der Waals surface area contributed by atoms with Crippen molar-refractivity contribution in [1.82, 2.24) is 0 Å². The molecule has 1 aromatic rings. The lowest BCUT2D eigenvalue weighted by Crippen LogP contribution is -2.19. The third-order valence-corrected chi connectivity index (χ3v) is 3.28. The first-order valence-corrected chi connectivity index (χ1v) is 7.27. The van der Waals surface area contributed by atoms with Crippen LogP contribution in [0.5, 0.6) is 0 Å². The Morgan fingerprint density at radius 1 is 1.50 bits per heavy atom. The van der Waals surface area contributed by atoms with Gasteiger partial charge in [-0.25, -0.2) is 12.8 Å². The maximum absolute atomic E-state index is 13.5. The number of ether oxygens (including phenoxy) is 1. The molecule has 0 spiro atoms. The first kappa shape index (κ1) is 14.9. The summed E-state index contributed by atoms with van der Waals surface area (Å²) >= 11 is 0. The van der Waals surface area contributed by atoms with Crippen LogP contribution >= 0.6 is 10.7 Å². The molecule has 18 heavy (non-hydrogen) atoms. The third-order valence-electron chi connectivity index (χ3n) is 1.93. The molecule has 1 amide bonds. The highest BCUT2D eigenvalue weighted by molar-refractivity contribution is 8.13. The van der Waals surface area contributed by atoms with Gasteiger partial charge in [-0.15, -0.1) is 0 Å². The molecule has 0 aliphatic heterocycles. The summed E-state index contributed by atoms with van der Waals surface area (Å²) in [5.41, 5.74) is -0.135. The van der Waals surface area contributed by atoms with Gasteiger partial charge in [0.25, 0.3) is 9.05 Å². The van der Waals surface area contributed by atoms with Crippen molar-refractivity contribution in [3.8, 4) is 0 Å². The number of amides is 1. The number of nitrogens with one attached hydrogen (secondary N) is 1. The van der Waals surface area contributed by atoms with Gasteiger partial charge in [0.15, 0.2) is 0 Å². The standard InChI is InChI=1S/C10H11ClFNO4S/c1-2-17-6-10(14)13-9-4-3-7(5-8(9)12)18(11,15)16/h3-5H,2,6H2,1H3,(H,13,14). The molecule has 0 bridgehead atoms. The van der Waals surface area contributed by atoms with Crippen LogP contribution in [0.15, 0.2) is 23.1 Å². The molecule has 100 valence electrons. The van der Waals surface area contributed by atoms with E-state index in [1.807, 2.05) is 0 Å². The SMILES string of the molecule is CCOCC(=O)Nc1ccc(S(=O)(=O)Cl)cc1F. The lowest BCUT2D eigenvalue weighted by Gasteiger charge is -2.07. The third kappa shape index (κ3) is 4.25. The van der Waals surface area contributed by atoms with Crippen molar-refractivity contribution in [2.24, 2.45) is 0 Å². The van der Waals surface area contributed by atoms with E-state index >= 15 is 0 Å². The largest absolute Gasteiger partial charge is 0.372 e. The molecule has 0 radical (unpaired) electrons. The van der Waals surface area contributed by atoms with E-state index < -0.39 is 20.8 Å². The molecule has 0 atom stereocenters. The fraction of sp³-hybridized carbons (Fsp3) is 0.300. The van der Waals surface area contributed by atoms with Crippen molar-refractivity contribution >= 4 is 31.3 Å². The van der Waals surface area contributed by atoms with Crippen molar-refractivity contribution in [2.75, 3.05) is 18.5 Å². The fourth-order valence-electron chi connectivity index (χ4n) is 1.13. The van der Waals surface area contributed by atoms with Crippen molar-refractivity contribution in [3.05, 3.63) is 24.0 Å². The van der Waals surface area contributed by atoms with Crippen LogP contribution in [0.3, 0.4) is 0 Å². The molecule has 8 heteroatoms. The van der Waals surface area contributed by atoms with E-state index in [9.17, 15) is 17.6 Å². The minimum absolute atomic E-state index is 0.135. The van der Waals surface area contributed by atoms with Crippen LogP contribution < -0.4 is 5.32 Å². The first-order valence-electron chi connectivity index (χ1n) is 4.96. The predicted molar refractivity (Wildman–Crippen MR) is 64.6 cm³/mol. The second-order valence-electron chi connectivity index (χ2n) is 3.26. The highest BCUT2D eigenvalue weighted by Gasteiger charge is 2.14. The van der Waals surface area contributed by atoms with Gasteiger partial charge in [0, 0.05) is 17.3 Å². The van der Waals surface area contributed by atoms with E-state index in [0.29, 0.717) is 6.61 Å². The summed E-state index contributed by atoms with van der Waals surface area (Å²) in [6, 6.07) is 2.95. The van der Waals surface area contributed by atoms with E-state index in [4.69, 9.17) is 15.4 Å². The average molecular weight is 296 g/mol. The van der Waals surface area contributed by atoms with Gasteiger partial charge in [0.1, 0.15) is 12.4 Å². The number of hydrogen-bond donors (Lipinski definition) is 1. The van der Waals surface area contributed by atoms with Crippen LogP contribution in [-0.2, 0) is 18.6 Å². The van der Waals surface area contributed by atoms with Crippen LogP contribution in [0, 0.1) is 5.82 Å². The Balaban J connectivity index is 2.84. The topological polar surface area (TPSA) is 72.5 Å². The lowest BCUT2D eigenvalue weighted by atomic mass is 10.3. The monoisotopic (exact) mass is 295 g/mol. The number of hydrogen-bond acceptors (Lipinski definition) is 4. The van der Waals surface area contributed by atoms with Crippen molar-refractivity contribution in [3.63, 3.8) is 0 Å². The van der Waals surface area contributed by atoms with E-state index in [1.165, 1.54) is 0 Å². The molecule has 0 aliphatic carbocycles. The predicted octanol–water partition coefficient (Wildman–Crippen LogP) is 1.73. The van der Waals surface area contributed by atoms with Crippen LogP contribution in [0.2, 0.25) is 0 Å². The zero-order valence-electron chi connectivity index (χ0n) is 9.44. The van der Waals surface area contributed by atoms with Gasteiger partial charge in [-0.1, -0.05) is 0 Å². The van der Waals surface area contributed by atoms with Crippen LogP contribution in [-0.4, -0.2) is 27.5 Å². The van der Waals surface area contributed by atoms with Gasteiger partial charge in [0.05, 0.1) is 10.6 Å². The molecule has 0 saturated heterocycles. The van der Waals surface area contributed by atoms with Crippen molar-refractivity contribution in [2.45, 2.75) is 11.8 Å². The molecule has 1 aromatic carbocycles. The Bertz CT molecular complexity index is 547. The molecular weight excluding hydrogens is 285 g/mol. The number of carbonyl (C=O) groups excluding carboxylic acids is 1. The minimum Gasteiger partial charge on any atom is -0.372 e. The summed E-state index contributed by atoms with van der Waals surface area (Å²) in [6.45, 7) is 1.87. The Kier molecular flexibility index (Phi) is 5.06. The normalized spacial score (nSPS) is 11.3. The van der Waals surface area contributed by atoms with Crippen molar-refractivity contribution < 1.29 is 22.3 Å². The van der Waals surface area contributed by atoms with E-state index in [-0.39, 0.29) is 17.2 Å². The summed E-state index contributed by atoms with van der Waals surface area (Å²) < 4.78 is 40.2. The fourth-order valence-corrected chi connectivity index (χ4v) is 1.89. The molecular formula is C10H11ClFNO4S. The highest BCUT2D eigenvalue weighted by atomic mass is 35.7. The molecule has 0 unspecified atom stereocenters. The quantitative estimate of drug-likeness (QED) is 0.840. The molecule has 1 N–H and O–H groups in total. The van der Waals surface area contributed by atoms with Gasteiger partial charge in [0.2, 0.25) is 5.91 Å². The molecule has 0 fully saturated rings. The molecule has 0 aliphatic rings. The number of carbonyl (C=O) groups is 1. The molecule has 0 heterocycles. The molecule has 1 rings (SSSR count). The van der Waals surface area contributed by atoms with Crippen LogP contribution in [0.1, 0.15) is 6.92 Å². The smallest absolute Gasteiger partial charge is 0.261 e. The Hall–Kier alpha value is -1.18. The molecule has 0 saturated carbocycles. The second-order valence-corrected chi connectivity index (χ2v) is 5.83. The Morgan fingerprint density at radius 2 is 2.17 bits per heavy atom. The molecule has 0 aromatic heterocycles. The van der Waals surface area contributed by atoms with Crippen LogP contribution in [0.4, 0.5) is 10.1 Å². The Labute approximate surface area is 108 Å². The second kappa shape index (κ2) is 6.12. The van der Waals surface area contributed by atoms with Gasteiger partial charge in [-0.3, -0.25) is 4.79 Å². The maximum atomic E-state index is 13.5. The van der Waals surface area contributed by atoms with E-state index in [2.05, 4.69) is 5.32 Å². The van der Waals surface area contributed by atoms with Crippen molar-refractivity contribution in [1.29, 1.82) is 0 Å². The number of rotatable bonds is 5. The van der Waals surface area contributed by atoms with Gasteiger partial charge < -0.3 is 10.1 Å². The highest BCUT2D eigenvalue weighted by Crippen LogP contribution is 2.21. The number of anilines is 1. The number of benzene rings is 1. The van der Waals surface area contributed by atoms with Crippen LogP contribution in [0.25, 0.3) is 0 Å².